The third-order valence-corrected chi connectivity index (χ3v) is 4.22. The topological polar surface area (TPSA) is 34.0 Å². The molecule has 3 heteroatoms. The van der Waals surface area contributed by atoms with E-state index in [1.54, 1.807) is 4.57 Å². The molecule has 1 aliphatic heterocycles. The van der Waals surface area contributed by atoms with Crippen molar-refractivity contribution in [3.05, 3.63) is 45.7 Å². The minimum Gasteiger partial charge on any atom is -0.316 e. The van der Waals surface area contributed by atoms with Crippen LogP contribution in [0.15, 0.2) is 29.1 Å². The van der Waals surface area contributed by atoms with Gasteiger partial charge in [-0.05, 0) is 48.5 Å². The Balaban J connectivity index is 2.22. The maximum absolute atomic E-state index is 12.5. The summed E-state index contributed by atoms with van der Waals surface area (Å²) in [5, 5.41) is 4.52. The van der Waals surface area contributed by atoms with E-state index >= 15 is 0 Å². The minimum absolute atomic E-state index is 0.158. The lowest BCUT2D eigenvalue weighted by Gasteiger charge is -2.13. The highest BCUT2D eigenvalue weighted by Crippen LogP contribution is 2.23. The zero-order valence-electron chi connectivity index (χ0n) is 11.6. The Morgan fingerprint density at radius 3 is 2.89 bits per heavy atom. The van der Waals surface area contributed by atoms with Crippen molar-refractivity contribution in [3.8, 4) is 0 Å². The van der Waals surface area contributed by atoms with Gasteiger partial charge in [-0.25, -0.2) is 0 Å². The molecule has 0 saturated carbocycles. The molecule has 2 aromatic rings. The molecule has 19 heavy (non-hydrogen) atoms. The lowest BCUT2D eigenvalue weighted by molar-refractivity contribution is 0.734. The van der Waals surface area contributed by atoms with Gasteiger partial charge in [-0.1, -0.05) is 13.0 Å². The highest BCUT2D eigenvalue weighted by molar-refractivity contribution is 5.80. The second kappa shape index (κ2) is 4.82. The van der Waals surface area contributed by atoms with E-state index < -0.39 is 0 Å². The number of rotatable bonds is 2. The number of aromatic nitrogens is 1. The Morgan fingerprint density at radius 1 is 1.37 bits per heavy atom. The summed E-state index contributed by atoms with van der Waals surface area (Å²) in [6.45, 7) is 4.10. The number of nitrogens with one attached hydrogen (secondary N) is 1. The smallest absolute Gasteiger partial charge is 0.254 e. The van der Waals surface area contributed by atoms with Crippen molar-refractivity contribution in [2.45, 2.75) is 25.7 Å². The van der Waals surface area contributed by atoms with E-state index in [1.807, 2.05) is 7.05 Å². The Morgan fingerprint density at radius 2 is 2.21 bits per heavy atom. The molecule has 100 valence electrons. The first-order valence-corrected chi connectivity index (χ1v) is 7.04. The summed E-state index contributed by atoms with van der Waals surface area (Å²) in [4.78, 5) is 12.5. The van der Waals surface area contributed by atoms with Crippen LogP contribution in [0, 0.1) is 0 Å². The van der Waals surface area contributed by atoms with E-state index in [4.69, 9.17) is 0 Å². The molecule has 1 fully saturated rings. The van der Waals surface area contributed by atoms with Crippen molar-refractivity contribution < 1.29 is 0 Å². The van der Waals surface area contributed by atoms with E-state index in [1.165, 1.54) is 10.9 Å². The highest BCUT2D eigenvalue weighted by Gasteiger charge is 2.20. The molecule has 1 saturated heterocycles. The van der Waals surface area contributed by atoms with E-state index in [0.717, 1.165) is 37.0 Å². The summed E-state index contributed by atoms with van der Waals surface area (Å²) in [5.74, 6) is 0.369. The fourth-order valence-corrected chi connectivity index (χ4v) is 2.99. The molecule has 3 nitrogen and oxygen atoms in total. The fourth-order valence-electron chi connectivity index (χ4n) is 2.99. The Kier molecular flexibility index (Phi) is 3.15. The van der Waals surface area contributed by atoms with Crippen LogP contribution >= 0.6 is 0 Å². The first kappa shape index (κ1) is 12.4. The third-order valence-electron chi connectivity index (χ3n) is 4.22. The molecule has 1 unspecified atom stereocenters. The number of benzene rings is 1. The molecule has 1 atom stereocenters. The quantitative estimate of drug-likeness (QED) is 0.893. The van der Waals surface area contributed by atoms with Crippen molar-refractivity contribution in [1.29, 1.82) is 0 Å². The van der Waals surface area contributed by atoms with Crippen LogP contribution in [0.3, 0.4) is 0 Å². The molecular formula is C16H20N2O. The third kappa shape index (κ3) is 2.08. The van der Waals surface area contributed by atoms with Gasteiger partial charge in [0.1, 0.15) is 0 Å². The minimum atomic E-state index is 0.158. The van der Waals surface area contributed by atoms with Crippen molar-refractivity contribution in [3.63, 3.8) is 0 Å². The van der Waals surface area contributed by atoms with Gasteiger partial charge in [0, 0.05) is 25.1 Å². The highest BCUT2D eigenvalue weighted by atomic mass is 16.1. The Labute approximate surface area is 113 Å². The van der Waals surface area contributed by atoms with Crippen molar-refractivity contribution in [2.75, 3.05) is 13.1 Å². The molecule has 0 aliphatic carbocycles. The molecule has 1 aromatic heterocycles. The van der Waals surface area contributed by atoms with Gasteiger partial charge in [0.05, 0.1) is 5.52 Å². The van der Waals surface area contributed by atoms with Crippen molar-refractivity contribution in [1.82, 2.24) is 9.88 Å². The molecule has 0 bridgehead atoms. The summed E-state index contributed by atoms with van der Waals surface area (Å²) in [5.41, 5.74) is 3.47. The van der Waals surface area contributed by atoms with Crippen molar-refractivity contribution in [2.24, 2.45) is 7.05 Å². The molecule has 0 amide bonds. The largest absolute Gasteiger partial charge is 0.316 e. The predicted octanol–water partition coefficient (Wildman–Crippen LogP) is 2.18. The van der Waals surface area contributed by atoms with Gasteiger partial charge < -0.3 is 9.88 Å². The molecule has 0 spiro atoms. The van der Waals surface area contributed by atoms with Crippen LogP contribution in [0.25, 0.3) is 10.9 Å². The van der Waals surface area contributed by atoms with Gasteiger partial charge >= 0.3 is 0 Å². The zero-order chi connectivity index (χ0) is 13.4. The summed E-state index contributed by atoms with van der Waals surface area (Å²) in [7, 11) is 1.88. The van der Waals surface area contributed by atoms with Gasteiger partial charge in [-0.15, -0.1) is 0 Å². The molecule has 2 heterocycles. The van der Waals surface area contributed by atoms with Gasteiger partial charge in [0.25, 0.3) is 5.56 Å². The molecule has 3 rings (SSSR count). The summed E-state index contributed by atoms with van der Waals surface area (Å²) >= 11 is 0. The number of fused-ring (bicyclic) bond motifs is 1. The van der Waals surface area contributed by atoms with Crippen LogP contribution in [-0.2, 0) is 13.5 Å². The molecular weight excluding hydrogens is 236 g/mol. The van der Waals surface area contributed by atoms with Crippen molar-refractivity contribution >= 4 is 10.9 Å². The van der Waals surface area contributed by atoms with Crippen LogP contribution in [0.2, 0.25) is 0 Å². The number of nitrogens with zero attached hydrogens (tertiary/aromatic N) is 1. The van der Waals surface area contributed by atoms with Crippen LogP contribution in [0.5, 0.6) is 0 Å². The van der Waals surface area contributed by atoms with E-state index in [9.17, 15) is 4.79 Å². The Hall–Kier alpha value is -1.61. The van der Waals surface area contributed by atoms with Gasteiger partial charge in [-0.3, -0.25) is 4.79 Å². The van der Waals surface area contributed by atoms with Crippen LogP contribution < -0.4 is 10.9 Å². The lowest BCUT2D eigenvalue weighted by atomic mass is 9.97. The molecule has 1 aliphatic rings. The average Bonchev–Trinajstić information content (AvgIpc) is 2.96. The van der Waals surface area contributed by atoms with Gasteiger partial charge in [-0.2, -0.15) is 0 Å². The van der Waals surface area contributed by atoms with Crippen LogP contribution in [-0.4, -0.2) is 17.7 Å². The summed E-state index contributed by atoms with van der Waals surface area (Å²) in [6, 6.07) is 8.49. The van der Waals surface area contributed by atoms with Crippen LogP contribution in [0.4, 0.5) is 0 Å². The maximum Gasteiger partial charge on any atom is 0.254 e. The standard InChI is InChI=1S/C16H20N2O/c1-3-11-4-5-15-13(8-11)9-14(16(19)18(15)2)12-6-7-17-10-12/h4-5,8-9,12,17H,3,6-7,10H2,1-2H3. The monoisotopic (exact) mass is 256 g/mol. The molecule has 1 aromatic carbocycles. The van der Waals surface area contributed by atoms with E-state index in [-0.39, 0.29) is 5.56 Å². The summed E-state index contributed by atoms with van der Waals surface area (Å²) in [6.07, 6.45) is 2.09. The molecule has 1 N–H and O–H groups in total. The number of pyridine rings is 1. The lowest BCUT2D eigenvalue weighted by Crippen LogP contribution is -2.24. The maximum atomic E-state index is 12.5. The number of hydrogen-bond donors (Lipinski definition) is 1. The average molecular weight is 256 g/mol. The number of aryl methyl sites for hydroxylation is 2. The SMILES string of the molecule is CCc1ccc2c(c1)cc(C1CCNC1)c(=O)n2C. The fraction of sp³-hybridized carbons (Fsp3) is 0.438. The van der Waals surface area contributed by atoms with E-state index in [2.05, 4.69) is 36.5 Å². The van der Waals surface area contributed by atoms with Gasteiger partial charge in [0.2, 0.25) is 0 Å². The first-order chi connectivity index (χ1) is 9.20. The Bertz CT molecular complexity index is 666. The normalized spacial score (nSPS) is 19.2. The van der Waals surface area contributed by atoms with E-state index in [0.29, 0.717) is 5.92 Å². The van der Waals surface area contributed by atoms with Gasteiger partial charge in [0.15, 0.2) is 0 Å². The zero-order valence-corrected chi connectivity index (χ0v) is 11.6. The second-order valence-corrected chi connectivity index (χ2v) is 5.40. The first-order valence-electron chi connectivity index (χ1n) is 7.04. The summed E-state index contributed by atoms with van der Waals surface area (Å²) < 4.78 is 1.79. The predicted molar refractivity (Wildman–Crippen MR) is 78.8 cm³/mol. The van der Waals surface area contributed by atoms with Crippen LogP contribution in [0.1, 0.15) is 30.4 Å². The molecule has 0 radical (unpaired) electrons. The second-order valence-electron chi connectivity index (χ2n) is 5.40. The number of hydrogen-bond acceptors (Lipinski definition) is 2.